The normalized spacial score (nSPS) is 28.8. The van der Waals surface area contributed by atoms with Crippen LogP contribution >= 0.6 is 0 Å². The minimum absolute atomic E-state index is 0.213. The first-order valence-electron chi connectivity index (χ1n) is 6.59. The number of esters is 2. The van der Waals surface area contributed by atoms with E-state index in [4.69, 9.17) is 18.9 Å². The zero-order chi connectivity index (χ0) is 15.3. The van der Waals surface area contributed by atoms with Gasteiger partial charge < -0.3 is 18.9 Å². The fraction of sp³-hybridized carbons (Fsp3) is 0.714. The SMILES string of the molecule is C=C(C)O[C@@H]1[C@H](OC(C)=O)[C@@H](CCOC(C)=O)O[C@H]1C. The van der Waals surface area contributed by atoms with E-state index in [9.17, 15) is 9.59 Å². The van der Waals surface area contributed by atoms with E-state index >= 15 is 0 Å². The van der Waals surface area contributed by atoms with Gasteiger partial charge in [-0.2, -0.15) is 0 Å². The Kier molecular flexibility index (Phi) is 6.01. The average Bonchev–Trinajstić information content (AvgIpc) is 2.56. The van der Waals surface area contributed by atoms with Crippen molar-refractivity contribution in [2.45, 2.75) is 58.5 Å². The van der Waals surface area contributed by atoms with Crippen LogP contribution in [0.25, 0.3) is 0 Å². The average molecular weight is 286 g/mol. The molecule has 0 bridgehead atoms. The monoisotopic (exact) mass is 286 g/mol. The van der Waals surface area contributed by atoms with Gasteiger partial charge in [0.25, 0.3) is 0 Å². The molecule has 114 valence electrons. The highest BCUT2D eigenvalue weighted by Gasteiger charge is 2.46. The van der Waals surface area contributed by atoms with Crippen molar-refractivity contribution < 1.29 is 28.5 Å². The summed E-state index contributed by atoms with van der Waals surface area (Å²) in [7, 11) is 0. The van der Waals surface area contributed by atoms with Gasteiger partial charge in [0, 0.05) is 20.3 Å². The molecule has 0 aliphatic carbocycles. The quantitative estimate of drug-likeness (QED) is 0.545. The van der Waals surface area contributed by atoms with Crippen LogP contribution in [0.1, 0.15) is 34.1 Å². The molecule has 0 amide bonds. The highest BCUT2D eigenvalue weighted by Crippen LogP contribution is 2.29. The van der Waals surface area contributed by atoms with E-state index in [1.807, 2.05) is 6.92 Å². The summed E-state index contributed by atoms with van der Waals surface area (Å²) in [6.07, 6.45) is -1.10. The number of hydrogen-bond acceptors (Lipinski definition) is 6. The third-order valence-corrected chi connectivity index (χ3v) is 2.89. The lowest BCUT2D eigenvalue weighted by Gasteiger charge is -2.24. The maximum atomic E-state index is 11.2. The molecule has 0 aromatic heterocycles. The first-order valence-corrected chi connectivity index (χ1v) is 6.59. The summed E-state index contributed by atoms with van der Waals surface area (Å²) in [4.78, 5) is 22.0. The molecule has 1 fully saturated rings. The zero-order valence-electron chi connectivity index (χ0n) is 12.4. The number of rotatable bonds is 6. The van der Waals surface area contributed by atoms with Gasteiger partial charge in [0.1, 0.15) is 6.10 Å². The van der Waals surface area contributed by atoms with Crippen LogP contribution in [0.2, 0.25) is 0 Å². The van der Waals surface area contributed by atoms with Crippen LogP contribution in [-0.2, 0) is 28.5 Å². The van der Waals surface area contributed by atoms with Gasteiger partial charge in [-0.3, -0.25) is 9.59 Å². The lowest BCUT2D eigenvalue weighted by molar-refractivity contribution is -0.155. The molecule has 0 radical (unpaired) electrons. The molecule has 1 heterocycles. The molecule has 1 rings (SSSR count). The van der Waals surface area contributed by atoms with Crippen molar-refractivity contribution in [1.82, 2.24) is 0 Å². The van der Waals surface area contributed by atoms with Crippen LogP contribution in [-0.4, -0.2) is 43.0 Å². The van der Waals surface area contributed by atoms with Crippen LogP contribution in [0.4, 0.5) is 0 Å². The van der Waals surface area contributed by atoms with Gasteiger partial charge in [-0.1, -0.05) is 6.58 Å². The predicted molar refractivity (Wildman–Crippen MR) is 70.8 cm³/mol. The number of carbonyl (C=O) groups excluding carboxylic acids is 2. The summed E-state index contributed by atoms with van der Waals surface area (Å²) < 4.78 is 21.5. The highest BCUT2D eigenvalue weighted by molar-refractivity contribution is 5.66. The van der Waals surface area contributed by atoms with E-state index in [-0.39, 0.29) is 24.8 Å². The molecule has 20 heavy (non-hydrogen) atoms. The maximum absolute atomic E-state index is 11.2. The minimum atomic E-state index is -0.533. The maximum Gasteiger partial charge on any atom is 0.303 e. The molecule has 6 heteroatoms. The first kappa shape index (κ1) is 16.5. The number of hydrogen-bond donors (Lipinski definition) is 0. The van der Waals surface area contributed by atoms with Crippen molar-refractivity contribution >= 4 is 11.9 Å². The zero-order valence-corrected chi connectivity index (χ0v) is 12.4. The number of allylic oxidation sites excluding steroid dienone is 1. The largest absolute Gasteiger partial charge is 0.489 e. The summed E-state index contributed by atoms with van der Waals surface area (Å²) in [5.74, 6) is -0.224. The van der Waals surface area contributed by atoms with Crippen molar-refractivity contribution in [3.63, 3.8) is 0 Å². The first-order chi connectivity index (χ1) is 9.31. The fourth-order valence-corrected chi connectivity index (χ4v) is 2.19. The van der Waals surface area contributed by atoms with Crippen LogP contribution in [0, 0.1) is 0 Å². The highest BCUT2D eigenvalue weighted by atomic mass is 16.6. The Hall–Kier alpha value is -1.56. The number of ether oxygens (including phenoxy) is 4. The van der Waals surface area contributed by atoms with Crippen LogP contribution in [0.5, 0.6) is 0 Å². The molecular formula is C14H22O6. The Morgan fingerprint density at radius 3 is 2.25 bits per heavy atom. The fourth-order valence-electron chi connectivity index (χ4n) is 2.19. The van der Waals surface area contributed by atoms with E-state index in [0.717, 1.165) is 0 Å². The van der Waals surface area contributed by atoms with Crippen molar-refractivity contribution in [2.24, 2.45) is 0 Å². The predicted octanol–water partition coefficient (Wildman–Crippen LogP) is 1.58. The smallest absolute Gasteiger partial charge is 0.303 e. The Bertz CT molecular complexity index is 378. The van der Waals surface area contributed by atoms with E-state index in [1.165, 1.54) is 13.8 Å². The number of carbonyl (C=O) groups is 2. The second-order valence-electron chi connectivity index (χ2n) is 4.87. The van der Waals surface area contributed by atoms with Crippen LogP contribution in [0.3, 0.4) is 0 Å². The molecule has 1 aliphatic heterocycles. The van der Waals surface area contributed by atoms with Crippen molar-refractivity contribution in [2.75, 3.05) is 6.61 Å². The lowest BCUT2D eigenvalue weighted by atomic mass is 10.1. The summed E-state index contributed by atoms with van der Waals surface area (Å²) in [5.41, 5.74) is 0. The molecule has 6 nitrogen and oxygen atoms in total. The Morgan fingerprint density at radius 1 is 1.10 bits per heavy atom. The summed E-state index contributed by atoms with van der Waals surface area (Å²) in [5, 5.41) is 0. The van der Waals surface area contributed by atoms with Gasteiger partial charge in [-0.15, -0.1) is 0 Å². The molecule has 0 saturated carbocycles. The van der Waals surface area contributed by atoms with E-state index < -0.39 is 18.2 Å². The molecule has 0 N–H and O–H groups in total. The minimum Gasteiger partial charge on any atom is -0.489 e. The lowest BCUT2D eigenvalue weighted by Crippen LogP contribution is -2.38. The van der Waals surface area contributed by atoms with E-state index in [2.05, 4.69) is 6.58 Å². The van der Waals surface area contributed by atoms with Gasteiger partial charge in [-0.05, 0) is 13.8 Å². The van der Waals surface area contributed by atoms with Crippen molar-refractivity contribution in [1.29, 1.82) is 0 Å². The van der Waals surface area contributed by atoms with E-state index in [0.29, 0.717) is 12.2 Å². The summed E-state index contributed by atoms with van der Waals surface area (Å²) in [6, 6.07) is 0. The topological polar surface area (TPSA) is 71.1 Å². The third-order valence-electron chi connectivity index (χ3n) is 2.89. The Balaban J connectivity index is 2.69. The molecule has 0 aromatic rings. The molecule has 0 spiro atoms. The molecule has 1 saturated heterocycles. The van der Waals surface area contributed by atoms with Crippen LogP contribution in [0.15, 0.2) is 12.3 Å². The van der Waals surface area contributed by atoms with Crippen molar-refractivity contribution in [3.05, 3.63) is 12.3 Å². The molecule has 0 unspecified atom stereocenters. The van der Waals surface area contributed by atoms with E-state index in [1.54, 1.807) is 6.92 Å². The molecular weight excluding hydrogens is 264 g/mol. The second kappa shape index (κ2) is 7.28. The molecule has 0 aromatic carbocycles. The third kappa shape index (κ3) is 4.85. The Labute approximate surface area is 119 Å². The Morgan fingerprint density at radius 2 is 1.75 bits per heavy atom. The van der Waals surface area contributed by atoms with Gasteiger partial charge in [0.2, 0.25) is 0 Å². The summed E-state index contributed by atoms with van der Waals surface area (Å²) in [6.45, 7) is 10.2. The molecule has 1 aliphatic rings. The van der Waals surface area contributed by atoms with Crippen molar-refractivity contribution in [3.8, 4) is 0 Å². The van der Waals surface area contributed by atoms with Gasteiger partial charge >= 0.3 is 11.9 Å². The van der Waals surface area contributed by atoms with Crippen LogP contribution < -0.4 is 0 Å². The van der Waals surface area contributed by atoms with Gasteiger partial charge in [0.05, 0.1) is 18.5 Å². The standard InChI is InChI=1S/C14H22O6/c1-8(2)18-13-9(3)19-12(6-7-17-10(4)15)14(13)20-11(5)16/h9,12-14H,1,6-7H2,2-5H3/t9-,12+,13-,14+/m0/s1. The van der Waals surface area contributed by atoms with Gasteiger partial charge in [-0.25, -0.2) is 0 Å². The summed E-state index contributed by atoms with van der Waals surface area (Å²) >= 11 is 0. The molecule has 4 atom stereocenters. The van der Waals surface area contributed by atoms with Gasteiger partial charge in [0.15, 0.2) is 12.2 Å². The second-order valence-corrected chi connectivity index (χ2v) is 4.87.